The number of hydrogen-bond donors (Lipinski definition) is 2. The maximum absolute atomic E-state index is 12.2. The van der Waals surface area contributed by atoms with Gasteiger partial charge in [-0.25, -0.2) is 0 Å². The molecule has 0 spiro atoms. The molecular formula is C16H20N2O2. The molecule has 2 N–H and O–H groups in total. The number of carbonyl (C=O) groups is 1. The second kappa shape index (κ2) is 5.67. The van der Waals surface area contributed by atoms with Crippen LogP contribution in [0.1, 0.15) is 31.6 Å². The van der Waals surface area contributed by atoms with Gasteiger partial charge in [-0.2, -0.15) is 0 Å². The molecule has 0 bridgehead atoms. The molecule has 1 unspecified atom stereocenters. The lowest BCUT2D eigenvalue weighted by molar-refractivity contribution is -0.126. The van der Waals surface area contributed by atoms with E-state index in [1.165, 1.54) is 0 Å². The van der Waals surface area contributed by atoms with Gasteiger partial charge >= 0.3 is 0 Å². The number of nitrogens with one attached hydrogen (secondary N) is 2. The maximum atomic E-state index is 12.2. The topological polar surface area (TPSA) is 54.3 Å². The molecule has 2 aromatic rings. The number of furan rings is 1. The third-order valence-electron chi connectivity index (χ3n) is 3.90. The van der Waals surface area contributed by atoms with E-state index in [1.807, 2.05) is 37.3 Å². The summed E-state index contributed by atoms with van der Waals surface area (Å²) in [6.07, 6.45) is 2.03. The number of carbonyl (C=O) groups excluding carboxylic acids is 1. The lowest BCUT2D eigenvalue weighted by Gasteiger charge is -2.23. The van der Waals surface area contributed by atoms with E-state index in [2.05, 4.69) is 10.6 Å². The highest BCUT2D eigenvalue weighted by Gasteiger charge is 2.23. The average molecular weight is 272 g/mol. The Hall–Kier alpha value is -1.81. The minimum atomic E-state index is -0.100. The molecule has 20 heavy (non-hydrogen) atoms. The van der Waals surface area contributed by atoms with Crippen molar-refractivity contribution in [2.24, 2.45) is 5.92 Å². The lowest BCUT2D eigenvalue weighted by Crippen LogP contribution is -2.41. The molecule has 0 aliphatic carbocycles. The van der Waals surface area contributed by atoms with E-state index in [-0.39, 0.29) is 17.9 Å². The smallest absolute Gasteiger partial charge is 0.224 e. The van der Waals surface area contributed by atoms with Crippen LogP contribution in [0.4, 0.5) is 0 Å². The fourth-order valence-electron chi connectivity index (χ4n) is 2.69. The van der Waals surface area contributed by atoms with E-state index in [0.717, 1.165) is 42.7 Å². The Morgan fingerprint density at radius 2 is 2.30 bits per heavy atom. The van der Waals surface area contributed by atoms with E-state index in [0.29, 0.717) is 0 Å². The summed E-state index contributed by atoms with van der Waals surface area (Å²) in [6, 6.07) is 9.79. The van der Waals surface area contributed by atoms with Crippen LogP contribution in [-0.2, 0) is 4.79 Å². The summed E-state index contributed by atoms with van der Waals surface area (Å²) in [7, 11) is 0. The molecule has 2 heterocycles. The molecular weight excluding hydrogens is 252 g/mol. The van der Waals surface area contributed by atoms with Gasteiger partial charge in [-0.15, -0.1) is 0 Å². The second-order valence-electron chi connectivity index (χ2n) is 5.46. The number of piperidine rings is 1. The Balaban J connectivity index is 1.68. The number of fused-ring (bicyclic) bond motifs is 1. The standard InChI is InChI=1S/C16H20N2O2/c1-11(18-16(19)13-6-4-8-17-10-13)15-9-12-5-2-3-7-14(12)20-15/h2-3,5,7,9,11,13,17H,4,6,8,10H2,1H3,(H,18,19)/t11?,13-/m0/s1. The molecule has 0 radical (unpaired) electrons. The van der Waals surface area contributed by atoms with Gasteiger partial charge < -0.3 is 15.1 Å². The predicted molar refractivity (Wildman–Crippen MR) is 78.4 cm³/mol. The van der Waals surface area contributed by atoms with Crippen molar-refractivity contribution in [3.8, 4) is 0 Å². The molecule has 1 aliphatic heterocycles. The number of amides is 1. The number of hydrogen-bond acceptors (Lipinski definition) is 3. The normalized spacial score (nSPS) is 20.8. The molecule has 0 saturated carbocycles. The molecule has 1 fully saturated rings. The lowest BCUT2D eigenvalue weighted by atomic mass is 9.98. The van der Waals surface area contributed by atoms with E-state index in [4.69, 9.17) is 4.42 Å². The van der Waals surface area contributed by atoms with Crippen LogP contribution < -0.4 is 10.6 Å². The van der Waals surface area contributed by atoms with Gasteiger partial charge in [0.15, 0.2) is 0 Å². The second-order valence-corrected chi connectivity index (χ2v) is 5.46. The zero-order valence-electron chi connectivity index (χ0n) is 11.7. The summed E-state index contributed by atoms with van der Waals surface area (Å²) in [5.41, 5.74) is 0.864. The summed E-state index contributed by atoms with van der Waals surface area (Å²) in [6.45, 7) is 3.76. The monoisotopic (exact) mass is 272 g/mol. The number of benzene rings is 1. The summed E-state index contributed by atoms with van der Waals surface area (Å²) in [5.74, 6) is 1.00. The minimum Gasteiger partial charge on any atom is -0.459 e. The van der Waals surface area contributed by atoms with Gasteiger partial charge in [0, 0.05) is 11.9 Å². The third-order valence-corrected chi connectivity index (χ3v) is 3.90. The van der Waals surface area contributed by atoms with Gasteiger partial charge in [-0.05, 0) is 38.4 Å². The number of rotatable bonds is 3. The molecule has 1 aliphatic rings. The first-order valence-electron chi connectivity index (χ1n) is 7.23. The summed E-state index contributed by atoms with van der Waals surface area (Å²) < 4.78 is 5.79. The molecule has 4 heteroatoms. The van der Waals surface area contributed by atoms with Crippen molar-refractivity contribution in [3.63, 3.8) is 0 Å². The average Bonchev–Trinajstić information content (AvgIpc) is 2.92. The molecule has 4 nitrogen and oxygen atoms in total. The highest BCUT2D eigenvalue weighted by atomic mass is 16.3. The molecule has 1 aromatic heterocycles. The van der Waals surface area contributed by atoms with Gasteiger partial charge in [0.1, 0.15) is 11.3 Å². The van der Waals surface area contributed by atoms with Crippen LogP contribution in [0.3, 0.4) is 0 Å². The van der Waals surface area contributed by atoms with Crippen LogP contribution in [0, 0.1) is 5.92 Å². The molecule has 1 amide bonds. The van der Waals surface area contributed by atoms with Gasteiger partial charge in [0.2, 0.25) is 5.91 Å². The van der Waals surface area contributed by atoms with E-state index in [9.17, 15) is 4.79 Å². The van der Waals surface area contributed by atoms with Crippen molar-refractivity contribution in [3.05, 3.63) is 36.1 Å². The van der Waals surface area contributed by atoms with E-state index >= 15 is 0 Å². The minimum absolute atomic E-state index is 0.0792. The Bertz CT molecular complexity index is 566. The summed E-state index contributed by atoms with van der Waals surface area (Å²) >= 11 is 0. The first-order valence-corrected chi connectivity index (χ1v) is 7.23. The van der Waals surface area contributed by atoms with Crippen molar-refractivity contribution in [1.82, 2.24) is 10.6 Å². The van der Waals surface area contributed by atoms with Crippen LogP contribution in [0.5, 0.6) is 0 Å². The van der Waals surface area contributed by atoms with Crippen LogP contribution in [0.15, 0.2) is 34.7 Å². The molecule has 1 aromatic carbocycles. The van der Waals surface area contributed by atoms with Crippen molar-refractivity contribution in [2.45, 2.75) is 25.8 Å². The van der Waals surface area contributed by atoms with E-state index in [1.54, 1.807) is 0 Å². The first kappa shape index (κ1) is 13.2. The van der Waals surface area contributed by atoms with Crippen LogP contribution in [0.25, 0.3) is 11.0 Å². The molecule has 106 valence electrons. The fraction of sp³-hybridized carbons (Fsp3) is 0.438. The molecule has 2 atom stereocenters. The Morgan fingerprint density at radius 3 is 3.05 bits per heavy atom. The highest BCUT2D eigenvalue weighted by Crippen LogP contribution is 2.24. The maximum Gasteiger partial charge on any atom is 0.224 e. The molecule has 3 rings (SSSR count). The highest BCUT2D eigenvalue weighted by molar-refractivity contribution is 5.80. The van der Waals surface area contributed by atoms with Crippen LogP contribution in [0.2, 0.25) is 0 Å². The van der Waals surface area contributed by atoms with Gasteiger partial charge in [0.25, 0.3) is 0 Å². The van der Waals surface area contributed by atoms with Crippen molar-refractivity contribution < 1.29 is 9.21 Å². The molecule has 1 saturated heterocycles. The van der Waals surface area contributed by atoms with Crippen LogP contribution >= 0.6 is 0 Å². The first-order chi connectivity index (χ1) is 9.74. The Morgan fingerprint density at radius 1 is 1.45 bits per heavy atom. The third kappa shape index (κ3) is 2.70. The van der Waals surface area contributed by atoms with Crippen LogP contribution in [-0.4, -0.2) is 19.0 Å². The van der Waals surface area contributed by atoms with Gasteiger partial charge in [0.05, 0.1) is 12.0 Å². The summed E-state index contributed by atoms with van der Waals surface area (Å²) in [4.78, 5) is 12.2. The largest absolute Gasteiger partial charge is 0.459 e. The van der Waals surface area contributed by atoms with Gasteiger partial charge in [-0.1, -0.05) is 18.2 Å². The van der Waals surface area contributed by atoms with Crippen molar-refractivity contribution in [2.75, 3.05) is 13.1 Å². The fourth-order valence-corrected chi connectivity index (χ4v) is 2.69. The predicted octanol–water partition coefficient (Wildman–Crippen LogP) is 2.61. The van der Waals surface area contributed by atoms with Crippen molar-refractivity contribution in [1.29, 1.82) is 0 Å². The quantitative estimate of drug-likeness (QED) is 0.903. The Kier molecular flexibility index (Phi) is 3.74. The van der Waals surface area contributed by atoms with Gasteiger partial charge in [-0.3, -0.25) is 4.79 Å². The summed E-state index contributed by atoms with van der Waals surface area (Å²) in [5, 5.41) is 7.39. The van der Waals surface area contributed by atoms with E-state index < -0.39 is 0 Å². The Labute approximate surface area is 118 Å². The SMILES string of the molecule is CC(NC(=O)[C@H]1CCCNC1)c1cc2ccccc2o1. The zero-order chi connectivity index (χ0) is 13.9. The zero-order valence-corrected chi connectivity index (χ0v) is 11.7. The van der Waals surface area contributed by atoms with Crippen molar-refractivity contribution >= 4 is 16.9 Å². The number of para-hydroxylation sites is 1.